The Balaban J connectivity index is 1.54. The van der Waals surface area contributed by atoms with Gasteiger partial charge in [0.15, 0.2) is 0 Å². The monoisotopic (exact) mass is 444 g/mol. The third-order valence-corrected chi connectivity index (χ3v) is 5.93. The van der Waals surface area contributed by atoms with Crippen LogP contribution in [0.2, 0.25) is 10.0 Å². The van der Waals surface area contributed by atoms with E-state index < -0.39 is 0 Å². The van der Waals surface area contributed by atoms with E-state index in [1.807, 2.05) is 49.4 Å². The molecule has 0 spiro atoms. The van der Waals surface area contributed by atoms with E-state index in [1.165, 1.54) is 11.8 Å². The van der Waals surface area contributed by atoms with Crippen LogP contribution in [0, 0.1) is 6.92 Å². The lowest BCUT2D eigenvalue weighted by atomic mass is 10.1. The number of anilines is 2. The van der Waals surface area contributed by atoms with E-state index in [4.69, 9.17) is 23.2 Å². The molecular formula is C22H18Cl2N2O2S. The van der Waals surface area contributed by atoms with E-state index in [0.717, 1.165) is 10.5 Å². The first-order chi connectivity index (χ1) is 13.9. The van der Waals surface area contributed by atoms with Gasteiger partial charge >= 0.3 is 0 Å². The van der Waals surface area contributed by atoms with Crippen molar-refractivity contribution < 1.29 is 9.59 Å². The molecule has 3 rings (SSSR count). The molecule has 0 saturated carbocycles. The molecule has 0 heterocycles. The molecule has 2 amide bonds. The molecule has 0 saturated heterocycles. The van der Waals surface area contributed by atoms with Gasteiger partial charge in [0.25, 0.3) is 5.91 Å². The molecule has 0 bridgehead atoms. The van der Waals surface area contributed by atoms with Crippen LogP contribution in [0.25, 0.3) is 0 Å². The van der Waals surface area contributed by atoms with Crippen molar-refractivity contribution >= 4 is 58.2 Å². The summed E-state index contributed by atoms with van der Waals surface area (Å²) in [6.45, 7) is 1.90. The number of hydrogen-bond acceptors (Lipinski definition) is 3. The highest BCUT2D eigenvalue weighted by molar-refractivity contribution is 8.00. The van der Waals surface area contributed by atoms with Crippen molar-refractivity contribution in [3.63, 3.8) is 0 Å². The van der Waals surface area contributed by atoms with E-state index in [9.17, 15) is 9.59 Å². The highest BCUT2D eigenvalue weighted by Crippen LogP contribution is 2.30. The third kappa shape index (κ3) is 5.76. The lowest BCUT2D eigenvalue weighted by molar-refractivity contribution is -0.113. The Bertz CT molecular complexity index is 1040. The number of thioether (sulfide) groups is 1. The normalized spacial score (nSPS) is 10.4. The highest BCUT2D eigenvalue weighted by atomic mass is 35.5. The number of halogens is 2. The van der Waals surface area contributed by atoms with Gasteiger partial charge in [-0.25, -0.2) is 0 Å². The van der Waals surface area contributed by atoms with Crippen molar-refractivity contribution in [2.24, 2.45) is 0 Å². The minimum Gasteiger partial charge on any atom is -0.324 e. The smallest absolute Gasteiger partial charge is 0.255 e. The minimum absolute atomic E-state index is 0.152. The van der Waals surface area contributed by atoms with E-state index in [2.05, 4.69) is 10.6 Å². The summed E-state index contributed by atoms with van der Waals surface area (Å²) in [5.74, 6) is -0.116. The number of carbonyl (C=O) groups excluding carboxylic acids is 2. The fourth-order valence-electron chi connectivity index (χ4n) is 2.60. The third-order valence-electron chi connectivity index (χ3n) is 4.10. The summed E-state index contributed by atoms with van der Waals surface area (Å²) in [4.78, 5) is 25.4. The predicted octanol–water partition coefficient (Wildman–Crippen LogP) is 6.28. The number of benzene rings is 3. The van der Waals surface area contributed by atoms with Crippen LogP contribution in [0.4, 0.5) is 11.4 Å². The number of nitrogens with one attached hydrogen (secondary N) is 2. The lowest BCUT2D eigenvalue weighted by Gasteiger charge is -2.09. The number of amides is 2. The van der Waals surface area contributed by atoms with Gasteiger partial charge in [0.05, 0.1) is 21.5 Å². The van der Waals surface area contributed by atoms with Gasteiger partial charge in [-0.1, -0.05) is 47.5 Å². The summed E-state index contributed by atoms with van der Waals surface area (Å²) in [6, 6.07) is 19.8. The second kappa shape index (κ2) is 9.83. The quantitative estimate of drug-likeness (QED) is 0.439. The van der Waals surface area contributed by atoms with Gasteiger partial charge in [-0.3, -0.25) is 9.59 Å². The molecule has 3 aromatic carbocycles. The molecule has 0 atom stereocenters. The van der Waals surface area contributed by atoms with Crippen LogP contribution >= 0.6 is 35.0 Å². The fourth-order valence-corrected chi connectivity index (χ4v) is 3.64. The van der Waals surface area contributed by atoms with Gasteiger partial charge in [0.2, 0.25) is 5.91 Å². The van der Waals surface area contributed by atoms with Crippen molar-refractivity contribution in [1.82, 2.24) is 0 Å². The Morgan fingerprint density at radius 3 is 2.34 bits per heavy atom. The Morgan fingerprint density at radius 2 is 1.62 bits per heavy atom. The van der Waals surface area contributed by atoms with Crippen LogP contribution in [0.1, 0.15) is 15.9 Å². The summed E-state index contributed by atoms with van der Waals surface area (Å²) in [5, 5.41) is 6.34. The summed E-state index contributed by atoms with van der Waals surface area (Å²) in [7, 11) is 0. The molecule has 0 aliphatic carbocycles. The fraction of sp³-hybridized carbons (Fsp3) is 0.0909. The van der Waals surface area contributed by atoms with Crippen LogP contribution in [0.15, 0.2) is 71.6 Å². The van der Waals surface area contributed by atoms with Gasteiger partial charge in [-0.2, -0.15) is 0 Å². The van der Waals surface area contributed by atoms with Crippen molar-refractivity contribution in [2.45, 2.75) is 11.8 Å². The second-order valence-electron chi connectivity index (χ2n) is 6.23. The van der Waals surface area contributed by atoms with Gasteiger partial charge in [-0.15, -0.1) is 11.8 Å². The van der Waals surface area contributed by atoms with Crippen LogP contribution in [0.5, 0.6) is 0 Å². The largest absolute Gasteiger partial charge is 0.324 e. The average molecular weight is 445 g/mol. The molecule has 29 heavy (non-hydrogen) atoms. The Morgan fingerprint density at radius 1 is 0.897 bits per heavy atom. The van der Waals surface area contributed by atoms with Crippen molar-refractivity contribution in [2.75, 3.05) is 16.4 Å². The molecule has 148 valence electrons. The van der Waals surface area contributed by atoms with Crippen molar-refractivity contribution in [3.8, 4) is 0 Å². The topological polar surface area (TPSA) is 58.2 Å². The maximum absolute atomic E-state index is 12.4. The molecular weight excluding hydrogens is 427 g/mol. The summed E-state index contributed by atoms with van der Waals surface area (Å²) < 4.78 is 0. The molecule has 0 aromatic heterocycles. The van der Waals surface area contributed by atoms with Crippen LogP contribution < -0.4 is 10.6 Å². The first-order valence-electron chi connectivity index (χ1n) is 8.78. The number of aryl methyl sites for hydroxylation is 1. The van der Waals surface area contributed by atoms with Crippen LogP contribution in [0.3, 0.4) is 0 Å². The SMILES string of the molecule is Cc1ccccc1C(=O)Nc1ccc(SCC(=O)Nc2cccc(Cl)c2Cl)cc1. The van der Waals surface area contributed by atoms with Gasteiger partial charge in [-0.05, 0) is 55.0 Å². The van der Waals surface area contributed by atoms with E-state index in [0.29, 0.717) is 27.0 Å². The molecule has 0 radical (unpaired) electrons. The molecule has 7 heteroatoms. The summed E-state index contributed by atoms with van der Waals surface area (Å²) in [5.41, 5.74) is 2.74. The molecule has 0 unspecified atom stereocenters. The summed E-state index contributed by atoms with van der Waals surface area (Å²) in [6.07, 6.45) is 0. The first kappa shape index (κ1) is 21.2. The lowest BCUT2D eigenvalue weighted by Crippen LogP contribution is -2.14. The van der Waals surface area contributed by atoms with Gasteiger partial charge in [0.1, 0.15) is 0 Å². The number of hydrogen-bond donors (Lipinski definition) is 2. The van der Waals surface area contributed by atoms with Gasteiger partial charge < -0.3 is 10.6 Å². The number of rotatable bonds is 6. The first-order valence-corrected chi connectivity index (χ1v) is 10.5. The molecule has 0 aliphatic rings. The Kier molecular flexibility index (Phi) is 7.20. The maximum Gasteiger partial charge on any atom is 0.255 e. The standard InChI is InChI=1S/C22H18Cl2N2O2S/c1-14-5-2-3-6-17(14)22(28)25-15-9-11-16(12-10-15)29-13-20(27)26-19-8-4-7-18(23)21(19)24/h2-12H,13H2,1H3,(H,25,28)(H,26,27). The zero-order chi connectivity index (χ0) is 20.8. The Hall–Kier alpha value is -2.47. The van der Waals surface area contributed by atoms with E-state index in [-0.39, 0.29) is 17.6 Å². The molecule has 2 N–H and O–H groups in total. The van der Waals surface area contributed by atoms with Crippen molar-refractivity contribution in [1.29, 1.82) is 0 Å². The molecule has 0 fully saturated rings. The molecule has 3 aromatic rings. The highest BCUT2D eigenvalue weighted by Gasteiger charge is 2.10. The van der Waals surface area contributed by atoms with Crippen molar-refractivity contribution in [3.05, 3.63) is 87.9 Å². The van der Waals surface area contributed by atoms with E-state index >= 15 is 0 Å². The second-order valence-corrected chi connectivity index (χ2v) is 8.07. The minimum atomic E-state index is -0.184. The maximum atomic E-state index is 12.4. The zero-order valence-electron chi connectivity index (χ0n) is 15.5. The van der Waals surface area contributed by atoms with Crippen LogP contribution in [-0.4, -0.2) is 17.6 Å². The average Bonchev–Trinajstić information content (AvgIpc) is 2.71. The summed E-state index contributed by atoms with van der Waals surface area (Å²) >= 11 is 13.4. The molecule has 0 aliphatic heterocycles. The van der Waals surface area contributed by atoms with Crippen LogP contribution in [-0.2, 0) is 4.79 Å². The van der Waals surface area contributed by atoms with E-state index in [1.54, 1.807) is 24.3 Å². The number of carbonyl (C=O) groups is 2. The zero-order valence-corrected chi connectivity index (χ0v) is 17.9. The molecule has 4 nitrogen and oxygen atoms in total. The van der Waals surface area contributed by atoms with Gasteiger partial charge in [0, 0.05) is 16.1 Å². The predicted molar refractivity (Wildman–Crippen MR) is 121 cm³/mol. The Labute approximate surface area is 183 Å².